The van der Waals surface area contributed by atoms with Crippen LogP contribution in [0.3, 0.4) is 0 Å². The fourth-order valence-corrected chi connectivity index (χ4v) is 2.51. The van der Waals surface area contributed by atoms with Gasteiger partial charge in [-0.1, -0.05) is 6.07 Å². The van der Waals surface area contributed by atoms with E-state index in [0.717, 1.165) is 11.3 Å². The maximum Gasteiger partial charge on any atom is 0.338 e. The van der Waals surface area contributed by atoms with Crippen LogP contribution in [0, 0.1) is 0 Å². The SMILES string of the molecule is CCOC(=O)c1cccc(NC(=O)c2ccc3c(c2)CC(=O)N3)c1. The van der Waals surface area contributed by atoms with Gasteiger partial charge in [-0.2, -0.15) is 0 Å². The van der Waals surface area contributed by atoms with Crippen LogP contribution in [0.15, 0.2) is 42.5 Å². The van der Waals surface area contributed by atoms with E-state index in [2.05, 4.69) is 10.6 Å². The molecule has 6 heteroatoms. The number of carbonyl (C=O) groups excluding carboxylic acids is 3. The first-order chi connectivity index (χ1) is 11.6. The molecule has 2 amide bonds. The third-order valence-corrected chi connectivity index (χ3v) is 3.62. The number of anilines is 2. The molecule has 0 fully saturated rings. The van der Waals surface area contributed by atoms with E-state index in [4.69, 9.17) is 4.74 Å². The predicted molar refractivity (Wildman–Crippen MR) is 89.1 cm³/mol. The molecular weight excluding hydrogens is 308 g/mol. The summed E-state index contributed by atoms with van der Waals surface area (Å²) in [6.07, 6.45) is 0.273. The first-order valence-electron chi connectivity index (χ1n) is 7.58. The van der Waals surface area contributed by atoms with Crippen molar-refractivity contribution < 1.29 is 19.1 Å². The highest BCUT2D eigenvalue weighted by atomic mass is 16.5. The molecule has 3 rings (SSSR count). The monoisotopic (exact) mass is 324 g/mol. The number of nitrogens with one attached hydrogen (secondary N) is 2. The summed E-state index contributed by atoms with van der Waals surface area (Å²) in [6.45, 7) is 2.02. The Balaban J connectivity index is 1.76. The van der Waals surface area contributed by atoms with E-state index in [9.17, 15) is 14.4 Å². The number of amides is 2. The van der Waals surface area contributed by atoms with E-state index in [0.29, 0.717) is 16.8 Å². The minimum atomic E-state index is -0.435. The van der Waals surface area contributed by atoms with Gasteiger partial charge in [-0.15, -0.1) is 0 Å². The van der Waals surface area contributed by atoms with E-state index in [1.165, 1.54) is 0 Å². The number of benzene rings is 2. The van der Waals surface area contributed by atoms with Crippen molar-refractivity contribution in [2.24, 2.45) is 0 Å². The minimum absolute atomic E-state index is 0.0790. The molecule has 2 N–H and O–H groups in total. The van der Waals surface area contributed by atoms with E-state index >= 15 is 0 Å². The van der Waals surface area contributed by atoms with Crippen LogP contribution in [-0.4, -0.2) is 24.4 Å². The summed E-state index contributed by atoms with van der Waals surface area (Å²) in [5.41, 5.74) is 2.86. The Labute approximate surface area is 138 Å². The molecule has 1 aliphatic heterocycles. The Morgan fingerprint density at radius 3 is 2.79 bits per heavy atom. The summed E-state index contributed by atoms with van der Waals surface area (Å²) in [6, 6.07) is 11.6. The number of carbonyl (C=O) groups is 3. The molecule has 1 heterocycles. The second kappa shape index (κ2) is 6.54. The number of esters is 1. The molecule has 1 aliphatic rings. The summed E-state index contributed by atoms with van der Waals surface area (Å²) >= 11 is 0. The van der Waals surface area contributed by atoms with Crippen molar-refractivity contribution in [2.75, 3.05) is 17.2 Å². The molecular formula is C18H16N2O4. The van der Waals surface area contributed by atoms with E-state index in [1.807, 2.05) is 0 Å². The lowest BCUT2D eigenvalue weighted by atomic mass is 10.1. The lowest BCUT2D eigenvalue weighted by molar-refractivity contribution is -0.115. The molecule has 0 unspecified atom stereocenters. The van der Waals surface area contributed by atoms with Gasteiger partial charge in [0.2, 0.25) is 5.91 Å². The molecule has 122 valence electrons. The quantitative estimate of drug-likeness (QED) is 0.847. The molecule has 2 aromatic rings. The Morgan fingerprint density at radius 2 is 2.00 bits per heavy atom. The van der Waals surface area contributed by atoms with Crippen molar-refractivity contribution in [1.29, 1.82) is 0 Å². The summed E-state index contributed by atoms with van der Waals surface area (Å²) in [5, 5.41) is 5.47. The summed E-state index contributed by atoms with van der Waals surface area (Å²) in [5.74, 6) is -0.821. The maximum absolute atomic E-state index is 12.4. The van der Waals surface area contributed by atoms with Gasteiger partial charge in [0.25, 0.3) is 5.91 Å². The number of fused-ring (bicyclic) bond motifs is 1. The number of ether oxygens (including phenoxy) is 1. The van der Waals surface area contributed by atoms with Gasteiger partial charge in [0, 0.05) is 16.9 Å². The zero-order valence-corrected chi connectivity index (χ0v) is 13.1. The number of rotatable bonds is 4. The Morgan fingerprint density at radius 1 is 1.17 bits per heavy atom. The van der Waals surface area contributed by atoms with Crippen LogP contribution in [-0.2, 0) is 16.0 Å². The Hall–Kier alpha value is -3.15. The first-order valence-corrected chi connectivity index (χ1v) is 7.58. The highest BCUT2D eigenvalue weighted by Crippen LogP contribution is 2.24. The highest BCUT2D eigenvalue weighted by Gasteiger charge is 2.19. The van der Waals surface area contributed by atoms with Crippen LogP contribution in [0.2, 0.25) is 0 Å². The average molecular weight is 324 g/mol. The second-order valence-electron chi connectivity index (χ2n) is 5.35. The van der Waals surface area contributed by atoms with Crippen LogP contribution < -0.4 is 10.6 Å². The summed E-state index contributed by atoms with van der Waals surface area (Å²) in [4.78, 5) is 35.5. The van der Waals surface area contributed by atoms with Gasteiger partial charge in [0.05, 0.1) is 18.6 Å². The molecule has 0 spiro atoms. The predicted octanol–water partition coefficient (Wildman–Crippen LogP) is 2.61. The van der Waals surface area contributed by atoms with Crippen molar-refractivity contribution in [1.82, 2.24) is 0 Å². The van der Waals surface area contributed by atoms with Gasteiger partial charge in [0.15, 0.2) is 0 Å². The third kappa shape index (κ3) is 3.27. The smallest absolute Gasteiger partial charge is 0.338 e. The molecule has 0 atom stereocenters. The lowest BCUT2D eigenvalue weighted by Gasteiger charge is -2.08. The van der Waals surface area contributed by atoms with Crippen LogP contribution in [0.4, 0.5) is 11.4 Å². The van der Waals surface area contributed by atoms with Gasteiger partial charge in [-0.25, -0.2) is 4.79 Å². The zero-order chi connectivity index (χ0) is 17.1. The van der Waals surface area contributed by atoms with Gasteiger partial charge in [-0.05, 0) is 48.9 Å². The maximum atomic E-state index is 12.4. The molecule has 24 heavy (non-hydrogen) atoms. The fourth-order valence-electron chi connectivity index (χ4n) is 2.51. The third-order valence-electron chi connectivity index (χ3n) is 3.62. The van der Waals surface area contributed by atoms with Crippen molar-refractivity contribution >= 4 is 29.2 Å². The van der Waals surface area contributed by atoms with Crippen LogP contribution in [0.25, 0.3) is 0 Å². The summed E-state index contributed by atoms with van der Waals surface area (Å²) in [7, 11) is 0. The topological polar surface area (TPSA) is 84.5 Å². The van der Waals surface area contributed by atoms with Crippen molar-refractivity contribution in [2.45, 2.75) is 13.3 Å². The number of hydrogen-bond donors (Lipinski definition) is 2. The molecule has 0 saturated carbocycles. The van der Waals surface area contributed by atoms with Crippen LogP contribution >= 0.6 is 0 Å². The largest absolute Gasteiger partial charge is 0.462 e. The van der Waals surface area contributed by atoms with Gasteiger partial charge < -0.3 is 15.4 Å². The molecule has 6 nitrogen and oxygen atoms in total. The standard InChI is InChI=1S/C18H16N2O4/c1-2-24-18(23)12-4-3-5-14(9-12)19-17(22)11-6-7-15-13(8-11)10-16(21)20-15/h3-9H,2,10H2,1H3,(H,19,22)(H,20,21). The molecule has 0 bridgehead atoms. The Bertz CT molecular complexity index is 830. The molecule has 2 aromatic carbocycles. The average Bonchev–Trinajstić information content (AvgIpc) is 2.94. The van der Waals surface area contributed by atoms with Crippen molar-refractivity contribution in [3.05, 3.63) is 59.2 Å². The molecule has 0 radical (unpaired) electrons. The highest BCUT2D eigenvalue weighted by molar-refractivity contribution is 6.06. The van der Waals surface area contributed by atoms with E-state index < -0.39 is 5.97 Å². The first kappa shape index (κ1) is 15.7. The lowest BCUT2D eigenvalue weighted by Crippen LogP contribution is -2.13. The van der Waals surface area contributed by atoms with Crippen molar-refractivity contribution in [3.8, 4) is 0 Å². The fraction of sp³-hybridized carbons (Fsp3) is 0.167. The zero-order valence-electron chi connectivity index (χ0n) is 13.1. The van der Waals surface area contributed by atoms with Crippen LogP contribution in [0.1, 0.15) is 33.2 Å². The minimum Gasteiger partial charge on any atom is -0.462 e. The molecule has 0 saturated heterocycles. The van der Waals surface area contributed by atoms with Gasteiger partial charge >= 0.3 is 5.97 Å². The van der Waals surface area contributed by atoms with Crippen molar-refractivity contribution in [3.63, 3.8) is 0 Å². The van der Waals surface area contributed by atoms with E-state index in [1.54, 1.807) is 49.4 Å². The molecule has 0 aromatic heterocycles. The van der Waals surface area contributed by atoms with Gasteiger partial charge in [-0.3, -0.25) is 9.59 Å². The van der Waals surface area contributed by atoms with E-state index in [-0.39, 0.29) is 24.8 Å². The van der Waals surface area contributed by atoms with Gasteiger partial charge in [0.1, 0.15) is 0 Å². The Kier molecular flexibility index (Phi) is 4.29. The second-order valence-corrected chi connectivity index (χ2v) is 5.35. The normalized spacial score (nSPS) is 12.3. The summed E-state index contributed by atoms with van der Waals surface area (Å²) < 4.78 is 4.94. The van der Waals surface area contributed by atoms with Crippen LogP contribution in [0.5, 0.6) is 0 Å². The molecule has 0 aliphatic carbocycles. The number of hydrogen-bond acceptors (Lipinski definition) is 4.